The maximum absolute atomic E-state index is 11.6. The molecule has 0 bridgehead atoms. The van der Waals surface area contributed by atoms with Gasteiger partial charge in [-0.15, -0.1) is 0 Å². The Hall–Kier alpha value is -1.34. The van der Waals surface area contributed by atoms with Crippen LogP contribution in [0.5, 0.6) is 0 Å². The maximum atomic E-state index is 11.6. The number of rotatable bonds is 3. The van der Waals surface area contributed by atoms with Crippen molar-refractivity contribution in [1.82, 2.24) is 14.8 Å². The molecule has 2 rings (SSSR count). The van der Waals surface area contributed by atoms with Gasteiger partial charge >= 0.3 is 11.0 Å². The number of nitrogens with zero attached hydrogens (tertiary/aromatic N) is 2. The van der Waals surface area contributed by atoms with Crippen LogP contribution in [0.2, 0.25) is 0 Å². The van der Waals surface area contributed by atoms with E-state index in [-0.39, 0.29) is 11.0 Å². The standard InChI is InChI=1S/C12H19N3O3S/c1-3-18-12(17)15-6-4-14(5-7-15)8-10-9(2)13-11(16)19-10/h3-8H2,1-2H3,(H,13,16). The lowest BCUT2D eigenvalue weighted by Crippen LogP contribution is -2.48. The van der Waals surface area contributed by atoms with E-state index >= 15 is 0 Å². The fourth-order valence-corrected chi connectivity index (χ4v) is 2.97. The minimum absolute atomic E-state index is 0.00217. The second kappa shape index (κ2) is 6.21. The van der Waals surface area contributed by atoms with Gasteiger partial charge in [0.2, 0.25) is 0 Å². The summed E-state index contributed by atoms with van der Waals surface area (Å²) >= 11 is 1.27. The predicted octanol–water partition coefficient (Wildman–Crippen LogP) is 1.02. The molecule has 0 radical (unpaired) electrons. The van der Waals surface area contributed by atoms with Gasteiger partial charge in [-0.3, -0.25) is 9.69 Å². The molecule has 106 valence electrons. The summed E-state index contributed by atoms with van der Waals surface area (Å²) in [6.45, 7) is 7.89. The number of hydrogen-bond donors (Lipinski definition) is 1. The summed E-state index contributed by atoms with van der Waals surface area (Å²) in [7, 11) is 0. The number of carbonyl (C=O) groups excluding carboxylic acids is 1. The molecule has 2 heterocycles. The second-order valence-electron chi connectivity index (χ2n) is 4.52. The lowest BCUT2D eigenvalue weighted by Gasteiger charge is -2.33. The van der Waals surface area contributed by atoms with E-state index in [1.54, 1.807) is 4.90 Å². The topological polar surface area (TPSA) is 65.6 Å². The minimum Gasteiger partial charge on any atom is -0.450 e. The van der Waals surface area contributed by atoms with Gasteiger partial charge in [-0.25, -0.2) is 4.79 Å². The number of aromatic amines is 1. The number of carbonyl (C=O) groups is 1. The smallest absolute Gasteiger partial charge is 0.409 e. The normalized spacial score (nSPS) is 16.6. The van der Waals surface area contributed by atoms with Crippen molar-refractivity contribution in [3.63, 3.8) is 0 Å². The minimum atomic E-state index is -0.232. The summed E-state index contributed by atoms with van der Waals surface area (Å²) < 4.78 is 4.98. The third kappa shape index (κ3) is 3.57. The van der Waals surface area contributed by atoms with Crippen LogP contribution in [0.1, 0.15) is 17.5 Å². The Balaban J connectivity index is 1.85. The number of nitrogens with one attached hydrogen (secondary N) is 1. The van der Waals surface area contributed by atoms with Gasteiger partial charge in [-0.1, -0.05) is 11.3 Å². The molecule has 7 heteroatoms. The van der Waals surface area contributed by atoms with Crippen molar-refractivity contribution >= 4 is 17.4 Å². The number of aryl methyl sites for hydroxylation is 1. The highest BCUT2D eigenvalue weighted by atomic mass is 32.1. The van der Waals surface area contributed by atoms with Crippen LogP contribution in [-0.4, -0.2) is 53.7 Å². The summed E-state index contributed by atoms with van der Waals surface area (Å²) in [5.41, 5.74) is 0.947. The Kier molecular flexibility index (Phi) is 4.60. The van der Waals surface area contributed by atoms with Gasteiger partial charge in [-0.2, -0.15) is 0 Å². The SMILES string of the molecule is CCOC(=O)N1CCN(Cc2sc(=O)[nH]c2C)CC1. The fraction of sp³-hybridized carbons (Fsp3) is 0.667. The van der Waals surface area contributed by atoms with Crippen LogP contribution in [0.4, 0.5) is 4.79 Å². The molecule has 1 aliphatic rings. The molecule has 1 fully saturated rings. The summed E-state index contributed by atoms with van der Waals surface area (Å²) in [6, 6.07) is 0. The van der Waals surface area contributed by atoms with Crippen LogP contribution in [-0.2, 0) is 11.3 Å². The molecule has 0 spiro atoms. The molecule has 0 unspecified atom stereocenters. The van der Waals surface area contributed by atoms with Crippen molar-refractivity contribution in [1.29, 1.82) is 0 Å². The molecular weight excluding hydrogens is 266 g/mol. The van der Waals surface area contributed by atoms with Gasteiger partial charge in [0, 0.05) is 43.3 Å². The van der Waals surface area contributed by atoms with E-state index in [0.29, 0.717) is 19.7 Å². The lowest BCUT2D eigenvalue weighted by atomic mass is 10.3. The van der Waals surface area contributed by atoms with Crippen molar-refractivity contribution in [2.75, 3.05) is 32.8 Å². The second-order valence-corrected chi connectivity index (χ2v) is 5.59. The average Bonchev–Trinajstić information content (AvgIpc) is 2.69. The summed E-state index contributed by atoms with van der Waals surface area (Å²) in [5.74, 6) is 0. The Bertz CT molecular complexity index is 489. The first kappa shape index (κ1) is 14.1. The average molecular weight is 285 g/mol. The molecular formula is C12H19N3O3S. The van der Waals surface area contributed by atoms with Crippen LogP contribution in [0, 0.1) is 6.92 Å². The first-order valence-electron chi connectivity index (χ1n) is 6.42. The highest BCUT2D eigenvalue weighted by Gasteiger charge is 2.22. The molecule has 0 atom stereocenters. The van der Waals surface area contributed by atoms with Gasteiger partial charge in [-0.05, 0) is 13.8 Å². The summed E-state index contributed by atoms with van der Waals surface area (Å²) in [4.78, 5) is 30.7. The van der Waals surface area contributed by atoms with E-state index in [4.69, 9.17) is 4.74 Å². The third-order valence-electron chi connectivity index (χ3n) is 3.19. The molecule has 1 amide bonds. The van der Waals surface area contributed by atoms with E-state index in [9.17, 15) is 9.59 Å². The van der Waals surface area contributed by atoms with E-state index < -0.39 is 0 Å². The van der Waals surface area contributed by atoms with Crippen molar-refractivity contribution in [2.24, 2.45) is 0 Å². The molecule has 1 saturated heterocycles. The van der Waals surface area contributed by atoms with E-state index in [1.807, 2.05) is 13.8 Å². The summed E-state index contributed by atoms with van der Waals surface area (Å²) in [5, 5.41) is 0. The monoisotopic (exact) mass is 285 g/mol. The quantitative estimate of drug-likeness (QED) is 0.900. The van der Waals surface area contributed by atoms with Gasteiger partial charge in [0.15, 0.2) is 0 Å². The van der Waals surface area contributed by atoms with E-state index in [0.717, 1.165) is 30.2 Å². The zero-order valence-electron chi connectivity index (χ0n) is 11.3. The van der Waals surface area contributed by atoms with Crippen LogP contribution in [0.15, 0.2) is 4.79 Å². The molecule has 0 aliphatic carbocycles. The van der Waals surface area contributed by atoms with Crippen molar-refractivity contribution < 1.29 is 9.53 Å². The van der Waals surface area contributed by atoms with Gasteiger partial charge in [0.1, 0.15) is 0 Å². The number of thiazole rings is 1. The number of H-pyrrole nitrogens is 1. The molecule has 0 aromatic carbocycles. The zero-order chi connectivity index (χ0) is 13.8. The van der Waals surface area contributed by atoms with Gasteiger partial charge in [0.25, 0.3) is 0 Å². The van der Waals surface area contributed by atoms with Crippen LogP contribution in [0.25, 0.3) is 0 Å². The van der Waals surface area contributed by atoms with Gasteiger partial charge < -0.3 is 14.6 Å². The number of piperazine rings is 1. The molecule has 6 nitrogen and oxygen atoms in total. The Morgan fingerprint density at radius 1 is 1.37 bits per heavy atom. The highest BCUT2D eigenvalue weighted by molar-refractivity contribution is 7.09. The number of aromatic nitrogens is 1. The summed E-state index contributed by atoms with van der Waals surface area (Å²) in [6.07, 6.45) is -0.232. The third-order valence-corrected chi connectivity index (χ3v) is 4.16. The van der Waals surface area contributed by atoms with Crippen molar-refractivity contribution in [3.05, 3.63) is 20.2 Å². The maximum Gasteiger partial charge on any atom is 0.409 e. The van der Waals surface area contributed by atoms with Crippen molar-refractivity contribution in [3.8, 4) is 0 Å². The number of amides is 1. The lowest BCUT2D eigenvalue weighted by molar-refractivity contribution is 0.0780. The van der Waals surface area contributed by atoms with Crippen LogP contribution >= 0.6 is 11.3 Å². The van der Waals surface area contributed by atoms with Crippen LogP contribution < -0.4 is 4.87 Å². The number of ether oxygens (including phenoxy) is 1. The van der Waals surface area contributed by atoms with E-state index in [2.05, 4.69) is 9.88 Å². The molecule has 1 aromatic heterocycles. The largest absolute Gasteiger partial charge is 0.450 e. The Morgan fingerprint density at radius 3 is 2.58 bits per heavy atom. The van der Waals surface area contributed by atoms with E-state index in [1.165, 1.54) is 11.3 Å². The molecule has 19 heavy (non-hydrogen) atoms. The zero-order valence-corrected chi connectivity index (χ0v) is 12.1. The molecule has 1 aromatic rings. The predicted molar refractivity (Wildman–Crippen MR) is 73.5 cm³/mol. The number of hydrogen-bond acceptors (Lipinski definition) is 5. The highest BCUT2D eigenvalue weighted by Crippen LogP contribution is 2.13. The first-order valence-corrected chi connectivity index (χ1v) is 7.24. The van der Waals surface area contributed by atoms with Gasteiger partial charge in [0.05, 0.1) is 6.61 Å². The molecule has 1 aliphatic heterocycles. The van der Waals surface area contributed by atoms with Crippen LogP contribution in [0.3, 0.4) is 0 Å². The van der Waals surface area contributed by atoms with Crippen molar-refractivity contribution in [2.45, 2.75) is 20.4 Å². The Morgan fingerprint density at radius 2 is 2.05 bits per heavy atom. The Labute approximate surface area is 116 Å². The first-order chi connectivity index (χ1) is 9.10. The molecule has 1 N–H and O–H groups in total. The fourth-order valence-electron chi connectivity index (χ4n) is 2.09. The molecule has 0 saturated carbocycles.